The Kier molecular flexibility index (Phi) is 6.38. The van der Waals surface area contributed by atoms with Gasteiger partial charge in [-0.15, -0.1) is 0 Å². The zero-order chi connectivity index (χ0) is 15.2. The second kappa shape index (κ2) is 7.56. The van der Waals surface area contributed by atoms with E-state index in [-0.39, 0.29) is 11.0 Å². The van der Waals surface area contributed by atoms with Gasteiger partial charge in [0.2, 0.25) is 10.0 Å². The second-order valence-electron chi connectivity index (χ2n) is 4.66. The van der Waals surface area contributed by atoms with E-state index in [1.165, 1.54) is 17.5 Å². The molecule has 0 aromatic carbocycles. The van der Waals surface area contributed by atoms with Crippen LogP contribution < -0.4 is 5.32 Å². The van der Waals surface area contributed by atoms with Crippen LogP contribution in [-0.2, 0) is 14.8 Å². The normalized spacial score (nSPS) is 12.1. The lowest BCUT2D eigenvalue weighted by molar-refractivity contribution is 0.0737. The number of pyridine rings is 1. The van der Waals surface area contributed by atoms with Crippen LogP contribution in [0.5, 0.6) is 0 Å². The van der Waals surface area contributed by atoms with Gasteiger partial charge in [0.05, 0.1) is 12.7 Å². The Bertz CT molecular complexity index is 500. The number of sulfonamides is 1. The van der Waals surface area contributed by atoms with Gasteiger partial charge in [-0.2, -0.15) is 4.31 Å². The van der Waals surface area contributed by atoms with Gasteiger partial charge in [-0.3, -0.25) is 0 Å². The molecule has 1 aromatic heterocycles. The van der Waals surface area contributed by atoms with Crippen molar-refractivity contribution in [3.63, 3.8) is 0 Å². The summed E-state index contributed by atoms with van der Waals surface area (Å²) in [6, 6.07) is 3.22. The maximum atomic E-state index is 12.3. The van der Waals surface area contributed by atoms with Crippen LogP contribution in [0.3, 0.4) is 0 Å². The summed E-state index contributed by atoms with van der Waals surface area (Å²) in [6.07, 6.45) is 1.46. The first kappa shape index (κ1) is 16.9. The average Bonchev–Trinajstić information content (AvgIpc) is 2.39. The average molecular weight is 301 g/mol. The fraction of sp³-hybridized carbons (Fsp3) is 0.615. The largest absolute Gasteiger partial charge is 0.377 e. The van der Waals surface area contributed by atoms with Crippen LogP contribution in [0.2, 0.25) is 0 Å². The van der Waals surface area contributed by atoms with E-state index in [1.807, 2.05) is 20.8 Å². The lowest BCUT2D eigenvalue weighted by Crippen LogP contribution is -2.31. The summed E-state index contributed by atoms with van der Waals surface area (Å²) in [7, 11) is -1.97. The first-order valence-corrected chi connectivity index (χ1v) is 8.09. The number of nitrogens with zero attached hydrogens (tertiary/aromatic N) is 2. The van der Waals surface area contributed by atoms with E-state index in [0.29, 0.717) is 19.0 Å². The highest BCUT2D eigenvalue weighted by atomic mass is 32.2. The standard InChI is InChI=1S/C13H23N3O3S/c1-5-14-13-7-6-12(10-15-13)20(17,18)16(4)8-9-19-11(2)3/h6-7,10-11H,5,8-9H2,1-4H3,(H,14,15). The van der Waals surface area contributed by atoms with Gasteiger partial charge in [-0.05, 0) is 32.9 Å². The predicted molar refractivity (Wildman–Crippen MR) is 79.3 cm³/mol. The van der Waals surface area contributed by atoms with Crippen LogP contribution in [0.4, 0.5) is 5.82 Å². The van der Waals surface area contributed by atoms with Crippen LogP contribution in [0, 0.1) is 0 Å². The van der Waals surface area contributed by atoms with Gasteiger partial charge in [0, 0.05) is 26.3 Å². The van der Waals surface area contributed by atoms with Crippen molar-refractivity contribution < 1.29 is 13.2 Å². The van der Waals surface area contributed by atoms with Gasteiger partial charge >= 0.3 is 0 Å². The summed E-state index contributed by atoms with van der Waals surface area (Å²) in [6.45, 7) is 7.21. The van der Waals surface area contributed by atoms with E-state index in [1.54, 1.807) is 12.1 Å². The quantitative estimate of drug-likeness (QED) is 0.789. The molecule has 0 spiro atoms. The Labute approximate surface area is 121 Å². The van der Waals surface area contributed by atoms with Gasteiger partial charge in [0.25, 0.3) is 0 Å². The molecule has 0 saturated heterocycles. The van der Waals surface area contributed by atoms with Crippen LogP contribution in [0.1, 0.15) is 20.8 Å². The number of hydrogen-bond donors (Lipinski definition) is 1. The Morgan fingerprint density at radius 3 is 2.60 bits per heavy atom. The van der Waals surface area contributed by atoms with Crippen molar-refractivity contribution in [3.8, 4) is 0 Å². The summed E-state index contributed by atoms with van der Waals surface area (Å²) in [5, 5.41) is 3.02. The van der Waals surface area contributed by atoms with Gasteiger partial charge in [0.15, 0.2) is 0 Å². The van der Waals surface area contributed by atoms with E-state index >= 15 is 0 Å². The molecule has 0 atom stereocenters. The van der Waals surface area contributed by atoms with Gasteiger partial charge in [0.1, 0.15) is 10.7 Å². The van der Waals surface area contributed by atoms with Crippen molar-refractivity contribution in [2.45, 2.75) is 31.8 Å². The Balaban J connectivity index is 2.71. The molecule has 1 aromatic rings. The summed E-state index contributed by atoms with van der Waals surface area (Å²) in [5.41, 5.74) is 0. The molecule has 0 aliphatic carbocycles. The topological polar surface area (TPSA) is 71.5 Å². The van der Waals surface area contributed by atoms with Crippen molar-refractivity contribution in [3.05, 3.63) is 18.3 Å². The highest BCUT2D eigenvalue weighted by Gasteiger charge is 2.20. The first-order chi connectivity index (χ1) is 9.37. The molecule has 0 amide bonds. The summed E-state index contributed by atoms with van der Waals surface area (Å²) in [5.74, 6) is 0.664. The van der Waals surface area contributed by atoms with E-state index in [4.69, 9.17) is 4.74 Å². The molecule has 1 rings (SSSR count). The first-order valence-electron chi connectivity index (χ1n) is 6.65. The predicted octanol–water partition coefficient (Wildman–Crippen LogP) is 1.56. The number of likely N-dealkylation sites (N-methyl/N-ethyl adjacent to an activating group) is 1. The second-order valence-corrected chi connectivity index (χ2v) is 6.70. The lowest BCUT2D eigenvalue weighted by Gasteiger charge is -2.18. The number of aromatic nitrogens is 1. The maximum Gasteiger partial charge on any atom is 0.244 e. The molecule has 0 saturated carbocycles. The smallest absolute Gasteiger partial charge is 0.244 e. The van der Waals surface area contributed by atoms with Crippen LogP contribution in [0.25, 0.3) is 0 Å². The molecule has 0 fully saturated rings. The monoisotopic (exact) mass is 301 g/mol. The minimum Gasteiger partial charge on any atom is -0.377 e. The Morgan fingerprint density at radius 1 is 1.40 bits per heavy atom. The number of rotatable bonds is 8. The third-order valence-electron chi connectivity index (χ3n) is 2.66. The molecular weight excluding hydrogens is 278 g/mol. The third kappa shape index (κ3) is 4.73. The van der Waals surface area contributed by atoms with Crippen molar-refractivity contribution in [2.75, 3.05) is 32.1 Å². The Morgan fingerprint density at radius 2 is 2.10 bits per heavy atom. The minimum absolute atomic E-state index is 0.0900. The Hall–Kier alpha value is -1.18. The zero-order valence-corrected chi connectivity index (χ0v) is 13.3. The zero-order valence-electron chi connectivity index (χ0n) is 12.5. The van der Waals surface area contributed by atoms with Crippen LogP contribution >= 0.6 is 0 Å². The van der Waals surface area contributed by atoms with Crippen molar-refractivity contribution in [1.82, 2.24) is 9.29 Å². The molecule has 0 aliphatic heterocycles. The molecule has 6 nitrogen and oxygen atoms in total. The SMILES string of the molecule is CCNc1ccc(S(=O)(=O)N(C)CCOC(C)C)cn1. The van der Waals surface area contributed by atoms with Gasteiger partial charge in [-0.25, -0.2) is 13.4 Å². The van der Waals surface area contributed by atoms with E-state index in [0.717, 1.165) is 6.54 Å². The van der Waals surface area contributed by atoms with Crippen LogP contribution in [-0.4, -0.2) is 50.6 Å². The molecule has 0 radical (unpaired) electrons. The number of nitrogens with one attached hydrogen (secondary N) is 1. The summed E-state index contributed by atoms with van der Waals surface area (Å²) in [4.78, 5) is 4.26. The minimum atomic E-state index is -3.51. The highest BCUT2D eigenvalue weighted by Crippen LogP contribution is 2.14. The molecule has 7 heteroatoms. The molecule has 114 valence electrons. The van der Waals surface area contributed by atoms with E-state index < -0.39 is 10.0 Å². The molecular formula is C13H23N3O3S. The van der Waals surface area contributed by atoms with Crippen molar-refractivity contribution in [1.29, 1.82) is 0 Å². The molecule has 1 heterocycles. The molecule has 0 bridgehead atoms. The molecule has 1 N–H and O–H groups in total. The molecule has 20 heavy (non-hydrogen) atoms. The molecule has 0 unspecified atom stereocenters. The van der Waals surface area contributed by atoms with Crippen LogP contribution in [0.15, 0.2) is 23.2 Å². The fourth-order valence-corrected chi connectivity index (χ4v) is 2.64. The highest BCUT2D eigenvalue weighted by molar-refractivity contribution is 7.89. The third-order valence-corrected chi connectivity index (χ3v) is 4.50. The van der Waals surface area contributed by atoms with Crippen molar-refractivity contribution in [2.24, 2.45) is 0 Å². The van der Waals surface area contributed by atoms with Crippen molar-refractivity contribution >= 4 is 15.8 Å². The van der Waals surface area contributed by atoms with E-state index in [2.05, 4.69) is 10.3 Å². The van der Waals surface area contributed by atoms with E-state index in [9.17, 15) is 8.42 Å². The summed E-state index contributed by atoms with van der Waals surface area (Å²) >= 11 is 0. The van der Waals surface area contributed by atoms with Gasteiger partial charge in [-0.1, -0.05) is 0 Å². The van der Waals surface area contributed by atoms with Gasteiger partial charge < -0.3 is 10.1 Å². The number of anilines is 1. The number of hydrogen-bond acceptors (Lipinski definition) is 5. The summed E-state index contributed by atoms with van der Waals surface area (Å²) < 4.78 is 31.2. The number of ether oxygens (including phenoxy) is 1. The maximum absolute atomic E-state index is 12.3. The molecule has 0 aliphatic rings. The fourth-order valence-electron chi connectivity index (χ4n) is 1.54. The lowest BCUT2D eigenvalue weighted by atomic mass is 10.4.